The van der Waals surface area contributed by atoms with Crippen LogP contribution in [0.25, 0.3) is 11.3 Å². The van der Waals surface area contributed by atoms with Gasteiger partial charge in [-0.2, -0.15) is 0 Å². The van der Waals surface area contributed by atoms with Crippen LogP contribution in [0.15, 0.2) is 95.7 Å². The lowest BCUT2D eigenvalue weighted by Crippen LogP contribution is -2.23. The zero-order valence-electron chi connectivity index (χ0n) is 19.3. The summed E-state index contributed by atoms with van der Waals surface area (Å²) in [7, 11) is -1.94. The maximum absolute atomic E-state index is 12.9. The molecule has 1 heterocycles. The number of benzene rings is 3. The van der Waals surface area contributed by atoms with E-state index in [9.17, 15) is 13.2 Å². The predicted molar refractivity (Wildman–Crippen MR) is 140 cm³/mol. The minimum Gasteiger partial charge on any atom is -0.497 e. The minimum absolute atomic E-state index is 0.0962. The largest absolute Gasteiger partial charge is 0.497 e. The van der Waals surface area contributed by atoms with Crippen LogP contribution in [0.4, 0.5) is 10.8 Å². The molecule has 0 aliphatic rings. The molecule has 6 nitrogen and oxygen atoms in total. The van der Waals surface area contributed by atoms with Gasteiger partial charge < -0.3 is 4.74 Å². The van der Waals surface area contributed by atoms with E-state index in [1.54, 1.807) is 25.3 Å². The summed E-state index contributed by atoms with van der Waals surface area (Å²) in [5.74, 6) is 0.280. The van der Waals surface area contributed by atoms with Crippen molar-refractivity contribution in [3.05, 3.63) is 102 Å². The molecule has 0 N–H and O–H groups in total. The Balaban J connectivity index is 1.61. The van der Waals surface area contributed by atoms with Gasteiger partial charge in [0.15, 0.2) is 15.0 Å². The summed E-state index contributed by atoms with van der Waals surface area (Å²) < 4.78 is 31.1. The molecule has 0 radical (unpaired) electrons. The van der Waals surface area contributed by atoms with E-state index in [4.69, 9.17) is 4.74 Å². The Hall–Kier alpha value is -3.75. The standard InChI is InChI=1S/C27H24N2O4S2/c1-4-26(30)29(27-28-25(17-34-27)21-8-12-23(33-3)13-9-21)22-10-14-24(15-11-22)35(31,32)18-20-7-5-6-19(2)16-20/h4-17H,1,18H2,2-3H3. The lowest BCUT2D eigenvalue weighted by Gasteiger charge is -2.18. The Morgan fingerprint density at radius 2 is 1.80 bits per heavy atom. The lowest BCUT2D eigenvalue weighted by molar-refractivity contribution is -0.113. The van der Waals surface area contributed by atoms with Crippen molar-refractivity contribution in [2.24, 2.45) is 0 Å². The van der Waals surface area contributed by atoms with Crippen LogP contribution in [0.1, 0.15) is 11.1 Å². The van der Waals surface area contributed by atoms with E-state index < -0.39 is 9.84 Å². The Morgan fingerprint density at radius 3 is 2.43 bits per heavy atom. The molecule has 0 atom stereocenters. The Morgan fingerprint density at radius 1 is 1.09 bits per heavy atom. The van der Waals surface area contributed by atoms with E-state index in [1.807, 2.05) is 54.8 Å². The van der Waals surface area contributed by atoms with Crippen molar-refractivity contribution in [3.63, 3.8) is 0 Å². The first kappa shape index (κ1) is 24.4. The van der Waals surface area contributed by atoms with Crippen LogP contribution in [0.5, 0.6) is 5.75 Å². The van der Waals surface area contributed by atoms with E-state index in [1.165, 1.54) is 34.4 Å². The molecule has 178 valence electrons. The van der Waals surface area contributed by atoms with Crippen LogP contribution in [0.3, 0.4) is 0 Å². The summed E-state index contributed by atoms with van der Waals surface area (Å²) in [6.07, 6.45) is 1.21. The summed E-state index contributed by atoms with van der Waals surface area (Å²) >= 11 is 1.31. The molecule has 0 aliphatic carbocycles. The summed E-state index contributed by atoms with van der Waals surface area (Å²) in [5.41, 5.74) is 3.83. The topological polar surface area (TPSA) is 76.6 Å². The predicted octanol–water partition coefficient (Wildman–Crippen LogP) is 5.95. The first-order valence-corrected chi connectivity index (χ1v) is 13.3. The summed E-state index contributed by atoms with van der Waals surface area (Å²) in [6, 6.07) is 21.2. The Kier molecular flexibility index (Phi) is 7.14. The van der Waals surface area contributed by atoms with E-state index in [-0.39, 0.29) is 16.6 Å². The van der Waals surface area contributed by atoms with Crippen molar-refractivity contribution in [3.8, 4) is 17.0 Å². The fourth-order valence-corrected chi connectivity index (χ4v) is 5.79. The molecule has 0 bridgehead atoms. The molecule has 0 saturated heterocycles. The zero-order valence-corrected chi connectivity index (χ0v) is 21.0. The molecule has 4 rings (SSSR count). The third kappa shape index (κ3) is 5.50. The molecular formula is C27H24N2O4S2. The first-order chi connectivity index (χ1) is 16.8. The summed E-state index contributed by atoms with van der Waals surface area (Å²) in [6.45, 7) is 5.53. The van der Waals surface area contributed by atoms with Crippen LogP contribution in [0.2, 0.25) is 0 Å². The van der Waals surface area contributed by atoms with Crippen molar-refractivity contribution in [2.45, 2.75) is 17.6 Å². The van der Waals surface area contributed by atoms with Gasteiger partial charge in [0, 0.05) is 10.9 Å². The fourth-order valence-electron chi connectivity index (χ4n) is 3.59. The van der Waals surface area contributed by atoms with Crippen LogP contribution < -0.4 is 9.64 Å². The van der Waals surface area contributed by atoms with Crippen molar-refractivity contribution in [1.82, 2.24) is 4.98 Å². The summed E-state index contributed by atoms with van der Waals surface area (Å²) in [5, 5.41) is 2.32. The van der Waals surface area contributed by atoms with Gasteiger partial charge in [0.25, 0.3) is 5.91 Å². The number of anilines is 2. The average molecular weight is 505 g/mol. The third-order valence-electron chi connectivity index (χ3n) is 5.36. The second-order valence-electron chi connectivity index (χ2n) is 7.86. The number of hydrogen-bond acceptors (Lipinski definition) is 6. The van der Waals surface area contributed by atoms with Crippen molar-refractivity contribution < 1.29 is 17.9 Å². The Labute approximate surface area is 209 Å². The Bertz CT molecular complexity index is 1460. The highest BCUT2D eigenvalue weighted by Crippen LogP contribution is 2.33. The number of aromatic nitrogens is 1. The number of sulfone groups is 1. The quantitative estimate of drug-likeness (QED) is 0.277. The number of carbonyl (C=O) groups is 1. The highest BCUT2D eigenvalue weighted by atomic mass is 32.2. The maximum atomic E-state index is 12.9. The second kappa shape index (κ2) is 10.2. The van der Waals surface area contributed by atoms with Crippen LogP contribution in [0, 0.1) is 6.92 Å². The van der Waals surface area contributed by atoms with E-state index >= 15 is 0 Å². The van der Waals surface area contributed by atoms with Crippen molar-refractivity contribution in [2.75, 3.05) is 12.0 Å². The second-order valence-corrected chi connectivity index (χ2v) is 10.7. The van der Waals surface area contributed by atoms with E-state index in [0.717, 1.165) is 22.4 Å². The monoisotopic (exact) mass is 504 g/mol. The molecule has 0 unspecified atom stereocenters. The van der Waals surface area contributed by atoms with Crippen molar-refractivity contribution in [1.29, 1.82) is 0 Å². The number of methoxy groups -OCH3 is 1. The van der Waals surface area contributed by atoms with Gasteiger partial charge >= 0.3 is 0 Å². The van der Waals surface area contributed by atoms with E-state index in [0.29, 0.717) is 16.5 Å². The molecule has 0 spiro atoms. The number of ether oxygens (including phenoxy) is 1. The maximum Gasteiger partial charge on any atom is 0.256 e. The number of hydrogen-bond donors (Lipinski definition) is 0. The normalized spacial score (nSPS) is 11.1. The van der Waals surface area contributed by atoms with Gasteiger partial charge in [0.2, 0.25) is 0 Å². The molecule has 3 aromatic carbocycles. The number of aryl methyl sites for hydroxylation is 1. The molecular weight excluding hydrogens is 480 g/mol. The number of amides is 1. The summed E-state index contributed by atoms with van der Waals surface area (Å²) in [4.78, 5) is 19.0. The lowest BCUT2D eigenvalue weighted by atomic mass is 10.2. The zero-order chi connectivity index (χ0) is 25.0. The van der Waals surface area contributed by atoms with Crippen LogP contribution in [-0.4, -0.2) is 26.4 Å². The number of rotatable bonds is 8. The van der Waals surface area contributed by atoms with Gasteiger partial charge in [0.1, 0.15) is 5.75 Å². The fraction of sp³-hybridized carbons (Fsp3) is 0.111. The first-order valence-electron chi connectivity index (χ1n) is 10.8. The number of nitrogens with zero attached hydrogens (tertiary/aromatic N) is 2. The molecule has 35 heavy (non-hydrogen) atoms. The molecule has 4 aromatic rings. The number of carbonyl (C=O) groups excluding carboxylic acids is 1. The van der Waals surface area contributed by atoms with Gasteiger partial charge in [-0.05, 0) is 67.1 Å². The SMILES string of the molecule is C=CC(=O)N(c1ccc(S(=O)(=O)Cc2cccc(C)c2)cc1)c1nc(-c2ccc(OC)cc2)cs1. The number of thiazole rings is 1. The highest BCUT2D eigenvalue weighted by Gasteiger charge is 2.21. The van der Waals surface area contributed by atoms with Gasteiger partial charge in [-0.3, -0.25) is 9.69 Å². The average Bonchev–Trinajstić information content (AvgIpc) is 3.34. The van der Waals surface area contributed by atoms with Gasteiger partial charge in [-0.15, -0.1) is 11.3 Å². The molecule has 0 saturated carbocycles. The van der Waals surface area contributed by atoms with E-state index in [2.05, 4.69) is 11.6 Å². The molecule has 1 aromatic heterocycles. The van der Waals surface area contributed by atoms with Crippen LogP contribution >= 0.6 is 11.3 Å². The third-order valence-corrected chi connectivity index (χ3v) is 7.89. The van der Waals surface area contributed by atoms with Crippen LogP contribution in [-0.2, 0) is 20.4 Å². The van der Waals surface area contributed by atoms with Gasteiger partial charge in [-0.25, -0.2) is 13.4 Å². The minimum atomic E-state index is -3.55. The molecule has 1 amide bonds. The molecule has 0 fully saturated rings. The molecule has 0 aliphatic heterocycles. The van der Waals surface area contributed by atoms with Gasteiger partial charge in [0.05, 0.1) is 29.1 Å². The smallest absolute Gasteiger partial charge is 0.256 e. The van der Waals surface area contributed by atoms with Crippen molar-refractivity contribution >= 4 is 37.9 Å². The molecule has 8 heteroatoms. The van der Waals surface area contributed by atoms with Gasteiger partial charge in [-0.1, -0.05) is 36.4 Å². The highest BCUT2D eigenvalue weighted by molar-refractivity contribution is 7.90.